The SMILES string of the molecule is CC(C)N1c2cc(CC(C)(C)O)ccc2CC1C. The summed E-state index contributed by atoms with van der Waals surface area (Å²) in [7, 11) is 0. The van der Waals surface area contributed by atoms with Gasteiger partial charge < -0.3 is 10.0 Å². The van der Waals surface area contributed by atoms with Gasteiger partial charge in [0.2, 0.25) is 0 Å². The van der Waals surface area contributed by atoms with Gasteiger partial charge in [0, 0.05) is 24.2 Å². The molecule has 0 saturated heterocycles. The number of hydrogen-bond acceptors (Lipinski definition) is 2. The monoisotopic (exact) mass is 247 g/mol. The second-order valence-corrected chi connectivity index (χ2v) is 6.51. The third-order valence-corrected chi connectivity index (χ3v) is 3.61. The van der Waals surface area contributed by atoms with Crippen molar-refractivity contribution >= 4 is 5.69 Å². The molecule has 100 valence electrons. The average molecular weight is 247 g/mol. The maximum Gasteiger partial charge on any atom is 0.0631 e. The minimum atomic E-state index is -0.638. The van der Waals surface area contributed by atoms with Crippen molar-refractivity contribution in [1.29, 1.82) is 0 Å². The summed E-state index contributed by atoms with van der Waals surface area (Å²) in [6.07, 6.45) is 1.84. The summed E-state index contributed by atoms with van der Waals surface area (Å²) < 4.78 is 0. The predicted molar refractivity (Wildman–Crippen MR) is 77.2 cm³/mol. The topological polar surface area (TPSA) is 23.5 Å². The van der Waals surface area contributed by atoms with Gasteiger partial charge in [-0.1, -0.05) is 12.1 Å². The molecule has 1 aromatic rings. The molecule has 0 saturated carbocycles. The molecule has 1 aliphatic heterocycles. The first-order valence-corrected chi connectivity index (χ1v) is 6.90. The zero-order valence-electron chi connectivity index (χ0n) is 12.2. The van der Waals surface area contributed by atoms with Crippen LogP contribution in [0.4, 0.5) is 5.69 Å². The van der Waals surface area contributed by atoms with Gasteiger partial charge in [-0.3, -0.25) is 0 Å². The van der Waals surface area contributed by atoms with E-state index in [4.69, 9.17) is 0 Å². The van der Waals surface area contributed by atoms with E-state index < -0.39 is 5.60 Å². The van der Waals surface area contributed by atoms with Crippen molar-refractivity contribution < 1.29 is 5.11 Å². The Balaban J connectivity index is 2.32. The molecule has 1 heterocycles. The minimum absolute atomic E-state index is 0.527. The van der Waals surface area contributed by atoms with E-state index in [1.807, 2.05) is 13.8 Å². The number of benzene rings is 1. The van der Waals surface area contributed by atoms with E-state index in [0.717, 1.165) is 6.42 Å². The van der Waals surface area contributed by atoms with E-state index in [1.165, 1.54) is 16.8 Å². The van der Waals surface area contributed by atoms with Crippen molar-refractivity contribution in [3.63, 3.8) is 0 Å². The highest BCUT2D eigenvalue weighted by Gasteiger charge is 2.28. The molecule has 0 aromatic heterocycles. The Morgan fingerprint density at radius 2 is 2.06 bits per heavy atom. The van der Waals surface area contributed by atoms with Gasteiger partial charge in [0.1, 0.15) is 0 Å². The Kier molecular flexibility index (Phi) is 3.41. The summed E-state index contributed by atoms with van der Waals surface area (Å²) in [6.45, 7) is 10.5. The zero-order chi connectivity index (χ0) is 13.5. The molecule has 2 rings (SSSR count). The van der Waals surface area contributed by atoms with Crippen molar-refractivity contribution in [2.45, 2.75) is 65.1 Å². The van der Waals surface area contributed by atoms with Gasteiger partial charge in [0.05, 0.1) is 5.60 Å². The van der Waals surface area contributed by atoms with Crippen LogP contribution in [0.25, 0.3) is 0 Å². The summed E-state index contributed by atoms with van der Waals surface area (Å²) in [4.78, 5) is 2.49. The van der Waals surface area contributed by atoms with Gasteiger partial charge in [0.15, 0.2) is 0 Å². The molecule has 0 fully saturated rings. The first-order valence-electron chi connectivity index (χ1n) is 6.90. The number of anilines is 1. The fourth-order valence-corrected chi connectivity index (χ4v) is 3.07. The molecule has 2 nitrogen and oxygen atoms in total. The van der Waals surface area contributed by atoms with Crippen LogP contribution >= 0.6 is 0 Å². The molecule has 0 aliphatic carbocycles. The summed E-state index contributed by atoms with van der Waals surface area (Å²) in [5.41, 5.74) is 3.39. The molecule has 0 amide bonds. The molecule has 2 heteroatoms. The zero-order valence-corrected chi connectivity index (χ0v) is 12.2. The third-order valence-electron chi connectivity index (χ3n) is 3.61. The molecule has 1 aromatic carbocycles. The normalized spacial score (nSPS) is 19.5. The molecule has 0 spiro atoms. The van der Waals surface area contributed by atoms with E-state index in [9.17, 15) is 5.11 Å². The highest BCUT2D eigenvalue weighted by Crippen LogP contribution is 2.35. The molecule has 1 unspecified atom stereocenters. The van der Waals surface area contributed by atoms with Crippen LogP contribution in [0.1, 0.15) is 45.7 Å². The lowest BCUT2D eigenvalue weighted by Crippen LogP contribution is -2.35. The summed E-state index contributed by atoms with van der Waals surface area (Å²) in [6, 6.07) is 7.76. The first-order chi connectivity index (χ1) is 8.28. The second-order valence-electron chi connectivity index (χ2n) is 6.51. The molecule has 1 N–H and O–H groups in total. The molecule has 1 aliphatic rings. The van der Waals surface area contributed by atoms with Crippen LogP contribution < -0.4 is 4.90 Å². The average Bonchev–Trinajstić information content (AvgIpc) is 2.50. The van der Waals surface area contributed by atoms with Crippen LogP contribution in [0, 0.1) is 0 Å². The van der Waals surface area contributed by atoms with Gasteiger partial charge in [-0.15, -0.1) is 0 Å². The quantitative estimate of drug-likeness (QED) is 0.887. The van der Waals surface area contributed by atoms with E-state index in [0.29, 0.717) is 18.5 Å². The smallest absolute Gasteiger partial charge is 0.0631 e. The van der Waals surface area contributed by atoms with Gasteiger partial charge in [-0.25, -0.2) is 0 Å². The maximum absolute atomic E-state index is 9.93. The summed E-state index contributed by atoms with van der Waals surface area (Å²) in [5, 5.41) is 9.93. The molecule has 0 radical (unpaired) electrons. The Morgan fingerprint density at radius 1 is 1.39 bits per heavy atom. The lowest BCUT2D eigenvalue weighted by atomic mass is 9.97. The van der Waals surface area contributed by atoms with Crippen molar-refractivity contribution in [3.05, 3.63) is 29.3 Å². The maximum atomic E-state index is 9.93. The fourth-order valence-electron chi connectivity index (χ4n) is 3.07. The highest BCUT2D eigenvalue weighted by atomic mass is 16.3. The largest absolute Gasteiger partial charge is 0.390 e. The van der Waals surface area contributed by atoms with Gasteiger partial charge >= 0.3 is 0 Å². The predicted octanol–water partition coefficient (Wildman–Crippen LogP) is 3.16. The standard InChI is InChI=1S/C16H25NO/c1-11(2)17-12(3)8-14-7-6-13(9-15(14)17)10-16(4,5)18/h6-7,9,11-12,18H,8,10H2,1-5H3. The van der Waals surface area contributed by atoms with E-state index in [-0.39, 0.29) is 0 Å². The Hall–Kier alpha value is -1.02. The van der Waals surface area contributed by atoms with E-state index in [2.05, 4.69) is 43.9 Å². The summed E-state index contributed by atoms with van der Waals surface area (Å²) in [5.74, 6) is 0. The van der Waals surface area contributed by atoms with E-state index >= 15 is 0 Å². The van der Waals surface area contributed by atoms with Gasteiger partial charge in [-0.05, 0) is 58.2 Å². The van der Waals surface area contributed by atoms with Gasteiger partial charge in [-0.2, -0.15) is 0 Å². The van der Waals surface area contributed by atoms with Crippen LogP contribution in [0.5, 0.6) is 0 Å². The van der Waals surface area contributed by atoms with Gasteiger partial charge in [0.25, 0.3) is 0 Å². The molecular formula is C16H25NO. The molecule has 1 atom stereocenters. The van der Waals surface area contributed by atoms with Crippen LogP contribution in [0.2, 0.25) is 0 Å². The van der Waals surface area contributed by atoms with Crippen molar-refractivity contribution in [2.24, 2.45) is 0 Å². The van der Waals surface area contributed by atoms with Crippen LogP contribution in [-0.4, -0.2) is 22.8 Å². The third kappa shape index (κ3) is 2.69. The first kappa shape index (κ1) is 13.4. The number of rotatable bonds is 3. The van der Waals surface area contributed by atoms with E-state index in [1.54, 1.807) is 0 Å². The second kappa shape index (κ2) is 4.58. The minimum Gasteiger partial charge on any atom is -0.390 e. The number of hydrogen-bond donors (Lipinski definition) is 1. The molecule has 0 bridgehead atoms. The van der Waals surface area contributed by atoms with Crippen molar-refractivity contribution in [3.8, 4) is 0 Å². The Morgan fingerprint density at radius 3 is 2.61 bits per heavy atom. The van der Waals surface area contributed by atoms with Crippen molar-refractivity contribution in [2.75, 3.05) is 4.90 Å². The Bertz CT molecular complexity index is 431. The highest BCUT2D eigenvalue weighted by molar-refractivity contribution is 5.61. The Labute approximate surface area is 111 Å². The summed E-state index contributed by atoms with van der Waals surface area (Å²) >= 11 is 0. The van der Waals surface area contributed by atoms with Crippen LogP contribution in [-0.2, 0) is 12.8 Å². The number of fused-ring (bicyclic) bond motifs is 1. The van der Waals surface area contributed by atoms with Crippen LogP contribution in [0.3, 0.4) is 0 Å². The van der Waals surface area contributed by atoms with Crippen molar-refractivity contribution in [1.82, 2.24) is 0 Å². The molecular weight excluding hydrogens is 222 g/mol. The van der Waals surface area contributed by atoms with Crippen LogP contribution in [0.15, 0.2) is 18.2 Å². The lowest BCUT2D eigenvalue weighted by Gasteiger charge is -2.29. The number of aliphatic hydroxyl groups is 1. The lowest BCUT2D eigenvalue weighted by molar-refractivity contribution is 0.0810. The molecule has 18 heavy (non-hydrogen) atoms. The fraction of sp³-hybridized carbons (Fsp3) is 0.625. The number of nitrogens with zero attached hydrogens (tertiary/aromatic N) is 1.